The fourth-order valence-electron chi connectivity index (χ4n) is 3.25. The van der Waals surface area contributed by atoms with Crippen LogP contribution in [0.5, 0.6) is 0 Å². The van der Waals surface area contributed by atoms with Crippen molar-refractivity contribution in [3.63, 3.8) is 0 Å². The molecule has 2 aromatic rings. The summed E-state index contributed by atoms with van der Waals surface area (Å²) >= 11 is 0. The lowest BCUT2D eigenvalue weighted by Gasteiger charge is -2.15. The van der Waals surface area contributed by atoms with Crippen molar-refractivity contribution in [1.82, 2.24) is 14.8 Å². The van der Waals surface area contributed by atoms with Gasteiger partial charge >= 0.3 is 6.18 Å². The van der Waals surface area contributed by atoms with E-state index in [1.165, 1.54) is 24.6 Å². The molecule has 5 nitrogen and oxygen atoms in total. The molecule has 2 heterocycles. The van der Waals surface area contributed by atoms with Crippen LogP contribution in [0.25, 0.3) is 0 Å². The number of carbonyl (C=O) groups excluding carboxylic acids is 1. The van der Waals surface area contributed by atoms with E-state index < -0.39 is 29.8 Å². The third kappa shape index (κ3) is 5.22. The molecule has 0 unspecified atom stereocenters. The maximum Gasteiger partial charge on any atom is 0.421 e. The zero-order chi connectivity index (χ0) is 20.1. The fourth-order valence-corrected chi connectivity index (χ4v) is 3.25. The van der Waals surface area contributed by atoms with Gasteiger partial charge in [0.2, 0.25) is 5.91 Å². The number of carbonyl (C=O) groups is 1. The van der Waals surface area contributed by atoms with E-state index in [2.05, 4.69) is 10.2 Å². The Morgan fingerprint density at radius 3 is 2.32 bits per heavy atom. The SMILES string of the molecule is O=C(Cn1cccc(C(F)(F)F)c1=O)NCc1ccc(CN2CCCC2)cc1. The van der Waals surface area contributed by atoms with Crippen molar-refractivity contribution in [3.05, 3.63) is 69.6 Å². The highest BCUT2D eigenvalue weighted by Gasteiger charge is 2.34. The number of aromatic nitrogens is 1. The molecule has 1 saturated heterocycles. The Morgan fingerprint density at radius 1 is 1.04 bits per heavy atom. The lowest BCUT2D eigenvalue weighted by Crippen LogP contribution is -2.34. The van der Waals surface area contributed by atoms with E-state index in [4.69, 9.17) is 0 Å². The molecule has 0 bridgehead atoms. The third-order valence-electron chi connectivity index (χ3n) is 4.76. The predicted molar refractivity (Wildman–Crippen MR) is 98.5 cm³/mol. The summed E-state index contributed by atoms with van der Waals surface area (Å²) < 4.78 is 39.1. The Hall–Kier alpha value is -2.61. The molecule has 8 heteroatoms. The largest absolute Gasteiger partial charge is 0.421 e. The molecule has 1 aliphatic heterocycles. The van der Waals surface area contributed by atoms with E-state index >= 15 is 0 Å². The number of pyridine rings is 1. The predicted octanol–water partition coefficient (Wildman–Crippen LogP) is 2.78. The number of amides is 1. The average Bonchev–Trinajstić information content (AvgIpc) is 3.15. The van der Waals surface area contributed by atoms with Crippen molar-refractivity contribution < 1.29 is 18.0 Å². The molecule has 1 aromatic carbocycles. The van der Waals surface area contributed by atoms with Gasteiger partial charge in [0, 0.05) is 19.3 Å². The molecule has 150 valence electrons. The third-order valence-corrected chi connectivity index (χ3v) is 4.76. The van der Waals surface area contributed by atoms with Gasteiger partial charge in [0.1, 0.15) is 12.1 Å². The Kier molecular flexibility index (Phi) is 6.18. The first-order chi connectivity index (χ1) is 13.3. The number of likely N-dealkylation sites (tertiary alicyclic amines) is 1. The number of nitrogens with one attached hydrogen (secondary N) is 1. The summed E-state index contributed by atoms with van der Waals surface area (Å²) in [7, 11) is 0. The van der Waals surface area contributed by atoms with Crippen LogP contribution in [0, 0.1) is 0 Å². The fraction of sp³-hybridized carbons (Fsp3) is 0.400. The van der Waals surface area contributed by atoms with Crippen LogP contribution in [0.4, 0.5) is 13.2 Å². The number of rotatable bonds is 6. The average molecular weight is 393 g/mol. The minimum atomic E-state index is -4.74. The maximum atomic E-state index is 12.8. The van der Waals surface area contributed by atoms with Gasteiger partial charge in [0.25, 0.3) is 5.56 Å². The summed E-state index contributed by atoms with van der Waals surface area (Å²) in [4.78, 5) is 26.3. The molecule has 0 radical (unpaired) electrons. The highest BCUT2D eigenvalue weighted by molar-refractivity contribution is 5.75. The van der Waals surface area contributed by atoms with Gasteiger partial charge in [0.05, 0.1) is 0 Å². The van der Waals surface area contributed by atoms with E-state index in [0.717, 1.165) is 35.8 Å². The van der Waals surface area contributed by atoms with E-state index in [1.54, 1.807) is 0 Å². The van der Waals surface area contributed by atoms with Crippen molar-refractivity contribution in [2.24, 2.45) is 0 Å². The van der Waals surface area contributed by atoms with Gasteiger partial charge in [-0.05, 0) is 49.2 Å². The Labute approximate surface area is 160 Å². The van der Waals surface area contributed by atoms with Crippen molar-refractivity contribution in [2.75, 3.05) is 13.1 Å². The van der Waals surface area contributed by atoms with E-state index in [-0.39, 0.29) is 6.54 Å². The molecule has 3 rings (SSSR count). The van der Waals surface area contributed by atoms with E-state index in [0.29, 0.717) is 6.07 Å². The molecular formula is C20H22F3N3O2. The van der Waals surface area contributed by atoms with Crippen molar-refractivity contribution >= 4 is 5.91 Å². The van der Waals surface area contributed by atoms with Gasteiger partial charge in [-0.15, -0.1) is 0 Å². The van der Waals surface area contributed by atoms with Gasteiger partial charge in [-0.2, -0.15) is 13.2 Å². The lowest BCUT2D eigenvalue weighted by molar-refractivity contribution is -0.139. The quantitative estimate of drug-likeness (QED) is 0.821. The minimum absolute atomic E-state index is 0.247. The van der Waals surface area contributed by atoms with Crippen LogP contribution in [-0.2, 0) is 30.6 Å². The van der Waals surface area contributed by atoms with Crippen molar-refractivity contribution in [2.45, 2.75) is 38.7 Å². The second-order valence-electron chi connectivity index (χ2n) is 6.93. The van der Waals surface area contributed by atoms with Crippen LogP contribution >= 0.6 is 0 Å². The lowest BCUT2D eigenvalue weighted by atomic mass is 10.1. The molecule has 0 saturated carbocycles. The Balaban J connectivity index is 1.54. The zero-order valence-corrected chi connectivity index (χ0v) is 15.3. The Morgan fingerprint density at radius 2 is 1.68 bits per heavy atom. The first-order valence-electron chi connectivity index (χ1n) is 9.16. The van der Waals surface area contributed by atoms with Crippen LogP contribution in [0.1, 0.15) is 29.5 Å². The maximum absolute atomic E-state index is 12.8. The van der Waals surface area contributed by atoms with Crippen LogP contribution in [-0.4, -0.2) is 28.5 Å². The number of halogens is 3. The zero-order valence-electron chi connectivity index (χ0n) is 15.3. The highest BCUT2D eigenvalue weighted by atomic mass is 19.4. The van der Waals surface area contributed by atoms with Crippen LogP contribution in [0.3, 0.4) is 0 Å². The van der Waals surface area contributed by atoms with Crippen molar-refractivity contribution in [1.29, 1.82) is 0 Å². The van der Waals surface area contributed by atoms with Gasteiger partial charge in [0.15, 0.2) is 0 Å². The molecule has 1 N–H and O–H groups in total. The number of alkyl halides is 3. The molecule has 1 aliphatic rings. The molecular weight excluding hydrogens is 371 g/mol. The van der Waals surface area contributed by atoms with Crippen LogP contribution in [0.15, 0.2) is 47.4 Å². The number of hydrogen-bond acceptors (Lipinski definition) is 3. The van der Waals surface area contributed by atoms with Crippen LogP contribution in [0.2, 0.25) is 0 Å². The van der Waals surface area contributed by atoms with Crippen LogP contribution < -0.4 is 10.9 Å². The Bertz CT molecular complexity index is 870. The van der Waals surface area contributed by atoms with Gasteiger partial charge < -0.3 is 9.88 Å². The number of hydrogen-bond donors (Lipinski definition) is 1. The number of benzene rings is 1. The topological polar surface area (TPSA) is 54.3 Å². The first kappa shape index (κ1) is 20.1. The summed E-state index contributed by atoms with van der Waals surface area (Å²) in [6.45, 7) is 2.93. The standard InChI is InChI=1S/C20H22F3N3O2/c21-20(22,23)17-4-3-11-26(19(17)28)14-18(27)24-12-15-5-7-16(8-6-15)13-25-9-1-2-10-25/h3-8,11H,1-2,9-10,12-14H2,(H,24,27). The first-order valence-corrected chi connectivity index (χ1v) is 9.16. The molecule has 28 heavy (non-hydrogen) atoms. The highest BCUT2D eigenvalue weighted by Crippen LogP contribution is 2.25. The summed E-state index contributed by atoms with van der Waals surface area (Å²) in [6, 6.07) is 9.68. The second kappa shape index (κ2) is 8.60. The summed E-state index contributed by atoms with van der Waals surface area (Å²) in [5.41, 5.74) is -0.421. The van der Waals surface area contributed by atoms with E-state index in [9.17, 15) is 22.8 Å². The molecule has 1 aromatic heterocycles. The van der Waals surface area contributed by atoms with Gasteiger partial charge in [-0.25, -0.2) is 0 Å². The monoisotopic (exact) mass is 393 g/mol. The molecule has 1 fully saturated rings. The summed E-state index contributed by atoms with van der Waals surface area (Å²) in [5, 5.41) is 2.64. The molecule has 0 atom stereocenters. The molecule has 0 aliphatic carbocycles. The minimum Gasteiger partial charge on any atom is -0.350 e. The smallest absolute Gasteiger partial charge is 0.350 e. The molecule has 1 amide bonds. The van der Waals surface area contributed by atoms with Gasteiger partial charge in [-0.1, -0.05) is 24.3 Å². The molecule has 0 spiro atoms. The summed E-state index contributed by atoms with van der Waals surface area (Å²) in [5.74, 6) is -0.525. The second-order valence-corrected chi connectivity index (χ2v) is 6.93. The van der Waals surface area contributed by atoms with Crippen molar-refractivity contribution in [3.8, 4) is 0 Å². The summed E-state index contributed by atoms with van der Waals surface area (Å²) in [6.07, 6.45) is -1.10. The number of nitrogens with zero attached hydrogens (tertiary/aromatic N) is 2. The normalized spacial score (nSPS) is 15.0. The van der Waals surface area contributed by atoms with Gasteiger partial charge in [-0.3, -0.25) is 14.5 Å². The van der Waals surface area contributed by atoms with E-state index in [1.807, 2.05) is 24.3 Å².